The van der Waals surface area contributed by atoms with Gasteiger partial charge in [-0.05, 0) is 30.4 Å². The molecule has 0 bridgehead atoms. The van der Waals surface area contributed by atoms with Crippen LogP contribution in [0, 0.1) is 0 Å². The third kappa shape index (κ3) is 3.92. The van der Waals surface area contributed by atoms with Crippen LogP contribution < -0.4 is 20.3 Å². The van der Waals surface area contributed by atoms with E-state index < -0.39 is 0 Å². The van der Waals surface area contributed by atoms with Crippen molar-refractivity contribution in [1.82, 2.24) is 10.9 Å². The van der Waals surface area contributed by atoms with Crippen LogP contribution in [0.25, 0.3) is 6.08 Å². The normalized spacial score (nSPS) is 18.6. The van der Waals surface area contributed by atoms with Gasteiger partial charge in [0.05, 0.1) is 19.1 Å². The van der Waals surface area contributed by atoms with E-state index in [0.29, 0.717) is 12.2 Å². The highest BCUT2D eigenvalue weighted by atomic mass is 32.2. The second-order valence-corrected chi connectivity index (χ2v) is 5.50. The van der Waals surface area contributed by atoms with Gasteiger partial charge in [0.2, 0.25) is 5.91 Å². The number of amides is 1. The van der Waals surface area contributed by atoms with Gasteiger partial charge in [0.15, 0.2) is 11.5 Å². The lowest BCUT2D eigenvalue weighted by Crippen LogP contribution is -2.48. The molecular weight excluding hydrogens is 288 g/mol. The molecule has 1 aliphatic heterocycles. The molecule has 0 aliphatic carbocycles. The van der Waals surface area contributed by atoms with E-state index in [2.05, 4.69) is 16.9 Å². The molecule has 21 heavy (non-hydrogen) atoms. The van der Waals surface area contributed by atoms with E-state index in [4.69, 9.17) is 9.47 Å². The van der Waals surface area contributed by atoms with Crippen LogP contribution in [0.5, 0.6) is 11.5 Å². The maximum atomic E-state index is 11.1. The molecule has 114 valence electrons. The molecule has 0 spiro atoms. The fourth-order valence-electron chi connectivity index (χ4n) is 2.16. The molecule has 1 unspecified atom stereocenters. The van der Waals surface area contributed by atoms with Crippen molar-refractivity contribution in [2.45, 2.75) is 23.8 Å². The van der Waals surface area contributed by atoms with E-state index in [1.165, 1.54) is 0 Å². The second-order valence-electron chi connectivity index (χ2n) is 4.66. The molecule has 6 heteroatoms. The zero-order valence-electron chi connectivity index (χ0n) is 12.4. The van der Waals surface area contributed by atoms with Crippen molar-refractivity contribution < 1.29 is 14.3 Å². The number of ether oxygens (including phenoxy) is 2. The van der Waals surface area contributed by atoms with Gasteiger partial charge in [-0.2, -0.15) is 0 Å². The summed E-state index contributed by atoms with van der Waals surface area (Å²) in [6.07, 6.45) is 7.42. The van der Waals surface area contributed by atoms with Crippen molar-refractivity contribution in [1.29, 1.82) is 0 Å². The summed E-state index contributed by atoms with van der Waals surface area (Å²) in [7, 11) is 3.27. The minimum absolute atomic E-state index is 0.0374. The van der Waals surface area contributed by atoms with Gasteiger partial charge in [0.1, 0.15) is 0 Å². The van der Waals surface area contributed by atoms with E-state index in [0.717, 1.165) is 22.6 Å². The molecule has 2 N–H and O–H groups in total. The molecule has 2 rings (SSSR count). The number of hydrogen-bond acceptors (Lipinski definition) is 5. The number of hydrogen-bond donors (Lipinski definition) is 2. The van der Waals surface area contributed by atoms with E-state index in [1.807, 2.05) is 24.5 Å². The highest BCUT2D eigenvalue weighted by Gasteiger charge is 2.15. The van der Waals surface area contributed by atoms with Gasteiger partial charge in [-0.3, -0.25) is 10.2 Å². The Morgan fingerprint density at radius 2 is 2.14 bits per heavy atom. The number of carbonyl (C=O) groups excluding carboxylic acids is 1. The number of nitrogens with one attached hydrogen (secondary N) is 2. The molecule has 1 atom stereocenters. The average molecular weight is 308 g/mol. The summed E-state index contributed by atoms with van der Waals surface area (Å²) < 4.78 is 10.8. The minimum atomic E-state index is 0.0374. The number of carbonyl (C=O) groups is 1. The number of thioether (sulfide) groups is 1. The molecule has 5 nitrogen and oxygen atoms in total. The summed E-state index contributed by atoms with van der Waals surface area (Å²) in [5.41, 5.74) is 6.65. The Morgan fingerprint density at radius 1 is 1.33 bits per heavy atom. The maximum Gasteiger partial charge on any atom is 0.234 e. The van der Waals surface area contributed by atoms with E-state index >= 15 is 0 Å². The molecule has 1 aliphatic rings. The molecule has 0 saturated carbocycles. The lowest BCUT2D eigenvalue weighted by atomic mass is 10.1. The van der Waals surface area contributed by atoms with Crippen LogP contribution in [0.2, 0.25) is 0 Å². The fraction of sp³-hybridized carbons (Fsp3) is 0.400. The quantitative estimate of drug-likeness (QED) is 0.817. The molecule has 1 fully saturated rings. The van der Waals surface area contributed by atoms with E-state index in [9.17, 15) is 4.79 Å². The van der Waals surface area contributed by atoms with Gasteiger partial charge < -0.3 is 9.47 Å². The van der Waals surface area contributed by atoms with E-state index in [-0.39, 0.29) is 11.9 Å². The van der Waals surface area contributed by atoms with Crippen molar-refractivity contribution >= 4 is 23.7 Å². The summed E-state index contributed by atoms with van der Waals surface area (Å²) >= 11 is 1.61. The molecule has 1 heterocycles. The van der Waals surface area contributed by atoms with Crippen LogP contribution >= 0.6 is 11.8 Å². The predicted octanol–water partition coefficient (Wildman–Crippen LogP) is 2.22. The monoisotopic (exact) mass is 308 g/mol. The Labute approximate surface area is 129 Å². The number of hydrazine groups is 1. The Balaban J connectivity index is 2.18. The third-order valence-electron chi connectivity index (χ3n) is 3.29. The lowest BCUT2D eigenvalue weighted by molar-refractivity contribution is -0.123. The van der Waals surface area contributed by atoms with Crippen molar-refractivity contribution in [3.63, 3.8) is 0 Å². The number of methoxy groups -OCH3 is 2. The summed E-state index contributed by atoms with van der Waals surface area (Å²) in [6, 6.07) is 4.15. The highest BCUT2D eigenvalue weighted by molar-refractivity contribution is 7.98. The lowest BCUT2D eigenvalue weighted by Gasteiger charge is -2.20. The number of rotatable bonds is 5. The molecular formula is C15H20N2O3S. The third-order valence-corrected chi connectivity index (χ3v) is 4.03. The molecule has 1 amide bonds. The highest BCUT2D eigenvalue weighted by Crippen LogP contribution is 2.38. The molecule has 1 saturated heterocycles. The van der Waals surface area contributed by atoms with Crippen LogP contribution in [0.15, 0.2) is 23.1 Å². The Morgan fingerprint density at radius 3 is 2.71 bits per heavy atom. The molecule has 1 aromatic carbocycles. The van der Waals surface area contributed by atoms with Crippen molar-refractivity contribution in [2.24, 2.45) is 0 Å². The Bertz CT molecular complexity index is 511. The SMILES string of the molecule is COc1cc(/C=C/C2CCC(=O)NN2)cc(SC)c1OC. The first-order valence-corrected chi connectivity index (χ1v) is 7.93. The van der Waals surface area contributed by atoms with Crippen molar-refractivity contribution in [2.75, 3.05) is 20.5 Å². The number of benzene rings is 1. The van der Waals surface area contributed by atoms with Gasteiger partial charge in [-0.25, -0.2) is 5.43 Å². The fourth-order valence-corrected chi connectivity index (χ4v) is 2.79. The van der Waals surface area contributed by atoms with Crippen molar-refractivity contribution in [3.8, 4) is 11.5 Å². The smallest absolute Gasteiger partial charge is 0.234 e. The van der Waals surface area contributed by atoms with Gasteiger partial charge in [0, 0.05) is 12.5 Å². The van der Waals surface area contributed by atoms with Crippen LogP contribution in [0.3, 0.4) is 0 Å². The van der Waals surface area contributed by atoms with Crippen molar-refractivity contribution in [3.05, 3.63) is 23.8 Å². The summed E-state index contributed by atoms with van der Waals surface area (Å²) in [6.45, 7) is 0. The second kappa shape index (κ2) is 7.38. The zero-order valence-corrected chi connectivity index (χ0v) is 13.3. The zero-order chi connectivity index (χ0) is 15.2. The summed E-state index contributed by atoms with van der Waals surface area (Å²) in [5, 5.41) is 0. The molecule has 0 aromatic heterocycles. The topological polar surface area (TPSA) is 59.6 Å². The standard InChI is InChI=1S/C15H20N2O3S/c1-19-12-8-10(9-13(21-3)15(12)20-2)4-5-11-6-7-14(18)17-16-11/h4-5,8-9,11,16H,6-7H2,1-3H3,(H,17,18)/b5-4+. The first kappa shape index (κ1) is 15.7. The van der Waals surface area contributed by atoms with Crippen LogP contribution in [-0.4, -0.2) is 32.4 Å². The maximum absolute atomic E-state index is 11.1. The van der Waals surface area contributed by atoms with Gasteiger partial charge in [-0.15, -0.1) is 11.8 Å². The van der Waals surface area contributed by atoms with Gasteiger partial charge in [0.25, 0.3) is 0 Å². The van der Waals surface area contributed by atoms with Crippen LogP contribution in [0.1, 0.15) is 18.4 Å². The van der Waals surface area contributed by atoms with E-state index in [1.54, 1.807) is 26.0 Å². The average Bonchev–Trinajstić information content (AvgIpc) is 2.53. The molecule has 0 radical (unpaired) electrons. The Hall–Kier alpha value is -1.66. The van der Waals surface area contributed by atoms with Crippen LogP contribution in [0.4, 0.5) is 0 Å². The Kier molecular flexibility index (Phi) is 5.52. The summed E-state index contributed by atoms with van der Waals surface area (Å²) in [4.78, 5) is 12.1. The minimum Gasteiger partial charge on any atom is -0.493 e. The van der Waals surface area contributed by atoms with Crippen LogP contribution in [-0.2, 0) is 4.79 Å². The summed E-state index contributed by atoms with van der Waals surface area (Å²) in [5.74, 6) is 1.51. The predicted molar refractivity (Wildman–Crippen MR) is 84.7 cm³/mol. The first-order valence-electron chi connectivity index (χ1n) is 6.70. The van der Waals surface area contributed by atoms with Gasteiger partial charge in [-0.1, -0.05) is 12.2 Å². The first-order chi connectivity index (χ1) is 10.2. The molecule has 1 aromatic rings. The largest absolute Gasteiger partial charge is 0.493 e. The van der Waals surface area contributed by atoms with Gasteiger partial charge >= 0.3 is 0 Å².